The van der Waals surface area contributed by atoms with Crippen LogP contribution in [-0.2, 0) is 23.7 Å². The van der Waals surface area contributed by atoms with Gasteiger partial charge in [0.2, 0.25) is 0 Å². The smallest absolute Gasteiger partial charge is 0.320 e. The van der Waals surface area contributed by atoms with Crippen LogP contribution in [0.2, 0.25) is 0 Å². The van der Waals surface area contributed by atoms with Crippen molar-refractivity contribution in [1.82, 2.24) is 0 Å². The zero-order valence-corrected chi connectivity index (χ0v) is 9.58. The number of esters is 1. The van der Waals surface area contributed by atoms with Gasteiger partial charge in [-0.2, -0.15) is 0 Å². The summed E-state index contributed by atoms with van der Waals surface area (Å²) in [5.74, 6) is -1.48. The van der Waals surface area contributed by atoms with E-state index >= 15 is 0 Å². The normalized spacial score (nSPS) is 44.1. The molecule has 0 radical (unpaired) electrons. The van der Waals surface area contributed by atoms with E-state index in [1.807, 2.05) is 6.92 Å². The van der Waals surface area contributed by atoms with Crippen LogP contribution in [0.1, 0.15) is 19.8 Å². The fourth-order valence-corrected chi connectivity index (χ4v) is 2.43. The Bertz CT molecular complexity index is 309. The highest BCUT2D eigenvalue weighted by Crippen LogP contribution is 2.61. The first-order valence-corrected chi connectivity index (χ1v) is 5.56. The van der Waals surface area contributed by atoms with Crippen LogP contribution in [0.5, 0.6) is 0 Å². The minimum absolute atomic E-state index is 0.0754. The van der Waals surface area contributed by atoms with Crippen molar-refractivity contribution < 1.29 is 23.7 Å². The summed E-state index contributed by atoms with van der Waals surface area (Å²) in [5, 5.41) is 0. The van der Waals surface area contributed by atoms with Gasteiger partial charge in [0.05, 0.1) is 26.9 Å². The molecular weight excluding hydrogens is 212 g/mol. The first-order valence-electron chi connectivity index (χ1n) is 5.56. The molecule has 4 aliphatic rings. The largest absolute Gasteiger partial charge is 0.468 e. The standard InChI is InChI=1S/C11H16O5/c1-9-5-14-11(15-6-9,16-7-9)10(3-4-10)8(12)13-2/h3-7H2,1-2H3. The minimum Gasteiger partial charge on any atom is -0.468 e. The SMILES string of the molecule is COC(=O)C1(C23OCC(C)(CO2)CO3)CC1. The van der Waals surface area contributed by atoms with E-state index in [0.29, 0.717) is 32.7 Å². The highest BCUT2D eigenvalue weighted by atomic mass is 16.9. The van der Waals surface area contributed by atoms with Gasteiger partial charge in [0, 0.05) is 5.41 Å². The fraction of sp³-hybridized carbons (Fsp3) is 0.909. The molecule has 3 heterocycles. The average Bonchev–Trinajstić information content (AvgIpc) is 3.11. The Morgan fingerprint density at radius 1 is 1.12 bits per heavy atom. The third-order valence-electron chi connectivity index (χ3n) is 3.74. The molecule has 3 saturated heterocycles. The lowest BCUT2D eigenvalue weighted by Crippen LogP contribution is -2.64. The third-order valence-corrected chi connectivity index (χ3v) is 3.74. The van der Waals surface area contributed by atoms with Gasteiger partial charge >= 0.3 is 5.97 Å². The molecule has 16 heavy (non-hydrogen) atoms. The lowest BCUT2D eigenvalue weighted by Gasteiger charge is -2.52. The van der Waals surface area contributed by atoms with Gasteiger partial charge in [0.25, 0.3) is 5.97 Å². The lowest BCUT2D eigenvalue weighted by atomic mass is 9.89. The molecule has 0 aromatic carbocycles. The van der Waals surface area contributed by atoms with Crippen molar-refractivity contribution in [3.8, 4) is 0 Å². The second-order valence-corrected chi connectivity index (χ2v) is 5.31. The van der Waals surface area contributed by atoms with Gasteiger partial charge in [0.1, 0.15) is 5.41 Å². The topological polar surface area (TPSA) is 54.0 Å². The van der Waals surface area contributed by atoms with Crippen molar-refractivity contribution in [1.29, 1.82) is 0 Å². The lowest BCUT2D eigenvalue weighted by molar-refractivity contribution is -0.485. The van der Waals surface area contributed by atoms with Crippen LogP contribution >= 0.6 is 0 Å². The quantitative estimate of drug-likeness (QED) is 0.650. The second kappa shape index (κ2) is 2.97. The van der Waals surface area contributed by atoms with E-state index in [1.165, 1.54) is 7.11 Å². The Morgan fingerprint density at radius 2 is 1.62 bits per heavy atom. The Kier molecular flexibility index (Phi) is 1.95. The minimum atomic E-state index is -1.18. The van der Waals surface area contributed by atoms with Crippen LogP contribution in [-0.4, -0.2) is 38.9 Å². The number of ether oxygens (including phenoxy) is 4. The third kappa shape index (κ3) is 1.14. The van der Waals surface area contributed by atoms with Crippen LogP contribution < -0.4 is 0 Å². The van der Waals surface area contributed by atoms with E-state index in [0.717, 1.165) is 0 Å². The molecule has 5 nitrogen and oxygen atoms in total. The van der Waals surface area contributed by atoms with E-state index in [4.69, 9.17) is 18.9 Å². The Balaban J connectivity index is 1.87. The zero-order chi connectivity index (χ0) is 11.4. The molecule has 0 aromatic rings. The van der Waals surface area contributed by atoms with Gasteiger partial charge in [0.15, 0.2) is 0 Å². The molecule has 0 atom stereocenters. The molecule has 0 unspecified atom stereocenters. The molecule has 0 spiro atoms. The van der Waals surface area contributed by atoms with Crippen molar-refractivity contribution in [3.63, 3.8) is 0 Å². The van der Waals surface area contributed by atoms with Crippen LogP contribution in [0, 0.1) is 10.8 Å². The van der Waals surface area contributed by atoms with E-state index in [-0.39, 0.29) is 11.4 Å². The maximum absolute atomic E-state index is 11.8. The van der Waals surface area contributed by atoms with E-state index in [9.17, 15) is 4.79 Å². The van der Waals surface area contributed by atoms with Gasteiger partial charge < -0.3 is 18.9 Å². The molecular formula is C11H16O5. The first kappa shape index (κ1) is 10.5. The molecule has 0 N–H and O–H groups in total. The number of hydrogen-bond donors (Lipinski definition) is 0. The molecule has 90 valence electrons. The molecule has 0 aromatic heterocycles. The van der Waals surface area contributed by atoms with E-state index in [1.54, 1.807) is 0 Å². The van der Waals surface area contributed by atoms with Gasteiger partial charge in [-0.15, -0.1) is 0 Å². The van der Waals surface area contributed by atoms with E-state index < -0.39 is 11.4 Å². The Labute approximate surface area is 94.0 Å². The van der Waals surface area contributed by atoms with Crippen molar-refractivity contribution in [2.75, 3.05) is 26.9 Å². The van der Waals surface area contributed by atoms with Gasteiger partial charge in [-0.3, -0.25) is 4.79 Å². The summed E-state index contributed by atoms with van der Waals surface area (Å²) in [4.78, 5) is 11.8. The average molecular weight is 228 g/mol. The summed E-state index contributed by atoms with van der Waals surface area (Å²) >= 11 is 0. The molecule has 4 fully saturated rings. The number of carbonyl (C=O) groups excluding carboxylic acids is 1. The van der Waals surface area contributed by atoms with Crippen molar-refractivity contribution in [2.24, 2.45) is 10.8 Å². The highest BCUT2D eigenvalue weighted by molar-refractivity contribution is 5.81. The Morgan fingerprint density at radius 3 is 2.00 bits per heavy atom. The molecule has 4 rings (SSSR count). The first-order chi connectivity index (χ1) is 7.56. The number of carbonyl (C=O) groups is 1. The maximum Gasteiger partial charge on any atom is 0.320 e. The Hall–Kier alpha value is -0.650. The van der Waals surface area contributed by atoms with Gasteiger partial charge in [-0.1, -0.05) is 6.92 Å². The molecule has 1 aliphatic carbocycles. The van der Waals surface area contributed by atoms with Gasteiger partial charge in [-0.05, 0) is 12.8 Å². The van der Waals surface area contributed by atoms with Crippen molar-refractivity contribution in [2.45, 2.75) is 25.7 Å². The van der Waals surface area contributed by atoms with Crippen LogP contribution in [0.15, 0.2) is 0 Å². The number of methoxy groups -OCH3 is 1. The fourth-order valence-electron chi connectivity index (χ4n) is 2.43. The number of fused-ring (bicyclic) bond motifs is 3. The molecule has 0 amide bonds. The zero-order valence-electron chi connectivity index (χ0n) is 9.58. The summed E-state index contributed by atoms with van der Waals surface area (Å²) < 4.78 is 21.8. The van der Waals surface area contributed by atoms with Crippen molar-refractivity contribution >= 4 is 5.97 Å². The molecule has 3 aliphatic heterocycles. The van der Waals surface area contributed by atoms with Crippen molar-refractivity contribution in [3.05, 3.63) is 0 Å². The predicted molar refractivity (Wildman–Crippen MR) is 52.4 cm³/mol. The van der Waals surface area contributed by atoms with E-state index in [2.05, 4.69) is 0 Å². The van der Waals surface area contributed by atoms with Crippen LogP contribution in [0.3, 0.4) is 0 Å². The maximum atomic E-state index is 11.8. The van der Waals surface area contributed by atoms with Crippen LogP contribution in [0.25, 0.3) is 0 Å². The number of hydrogen-bond acceptors (Lipinski definition) is 5. The highest BCUT2D eigenvalue weighted by Gasteiger charge is 2.73. The van der Waals surface area contributed by atoms with Crippen LogP contribution in [0.4, 0.5) is 0 Å². The number of rotatable bonds is 2. The molecule has 1 saturated carbocycles. The summed E-state index contributed by atoms with van der Waals surface area (Å²) in [6, 6.07) is 0. The van der Waals surface area contributed by atoms with Gasteiger partial charge in [-0.25, -0.2) is 0 Å². The monoisotopic (exact) mass is 228 g/mol. The predicted octanol–water partition coefficient (Wildman–Crippen LogP) is 0.677. The summed E-state index contributed by atoms with van der Waals surface area (Å²) in [5.41, 5.74) is -0.808. The molecule has 2 bridgehead atoms. The summed E-state index contributed by atoms with van der Waals surface area (Å²) in [6.45, 7) is 3.77. The molecule has 5 heteroatoms. The second-order valence-electron chi connectivity index (χ2n) is 5.31. The summed E-state index contributed by atoms with van der Waals surface area (Å²) in [7, 11) is 1.38. The summed E-state index contributed by atoms with van der Waals surface area (Å²) in [6.07, 6.45) is 1.41.